The summed E-state index contributed by atoms with van der Waals surface area (Å²) in [6, 6.07) is 1.76. The molecule has 0 saturated carbocycles. The molecule has 0 fully saturated rings. The SMILES string of the molecule is Cc1noc(C)c1N(C)C(=O)c1ccc(C(F)(F)F)cc1[N+](=O)[O-]. The zero-order valence-corrected chi connectivity index (χ0v) is 12.8. The Morgan fingerprint density at radius 2 is 1.96 bits per heavy atom. The van der Waals surface area contributed by atoms with Crippen molar-refractivity contribution in [3.63, 3.8) is 0 Å². The maximum absolute atomic E-state index is 12.7. The van der Waals surface area contributed by atoms with Crippen molar-refractivity contribution in [3.05, 3.63) is 50.9 Å². The van der Waals surface area contributed by atoms with Gasteiger partial charge in [0.05, 0.1) is 10.5 Å². The van der Waals surface area contributed by atoms with Crippen molar-refractivity contribution in [2.24, 2.45) is 0 Å². The minimum absolute atomic E-state index is 0.300. The normalized spacial score (nSPS) is 11.4. The number of nitro groups is 1. The van der Waals surface area contributed by atoms with E-state index < -0.39 is 33.8 Å². The van der Waals surface area contributed by atoms with Gasteiger partial charge in [0, 0.05) is 13.1 Å². The molecule has 0 atom stereocenters. The number of carbonyl (C=O) groups excluding carboxylic acids is 1. The largest absolute Gasteiger partial charge is 0.416 e. The molecule has 0 aliphatic rings. The van der Waals surface area contributed by atoms with E-state index in [1.54, 1.807) is 13.8 Å². The third-order valence-electron chi connectivity index (χ3n) is 3.39. The molecule has 0 aliphatic carbocycles. The summed E-state index contributed by atoms with van der Waals surface area (Å²) in [5.74, 6) is -0.539. The molecule has 1 amide bonds. The molecule has 0 spiro atoms. The van der Waals surface area contributed by atoms with Crippen molar-refractivity contribution >= 4 is 17.3 Å². The fraction of sp³-hybridized carbons (Fsp3) is 0.286. The number of nitro benzene ring substituents is 1. The molecule has 0 radical (unpaired) electrons. The van der Waals surface area contributed by atoms with Gasteiger partial charge in [0.2, 0.25) is 0 Å². The van der Waals surface area contributed by atoms with Gasteiger partial charge in [-0.25, -0.2) is 0 Å². The Morgan fingerprint density at radius 1 is 1.33 bits per heavy atom. The van der Waals surface area contributed by atoms with Crippen LogP contribution in [0.15, 0.2) is 22.7 Å². The van der Waals surface area contributed by atoms with E-state index in [1.165, 1.54) is 7.05 Å². The second kappa shape index (κ2) is 5.95. The molecule has 24 heavy (non-hydrogen) atoms. The summed E-state index contributed by atoms with van der Waals surface area (Å²) >= 11 is 0. The number of aryl methyl sites for hydroxylation is 2. The third kappa shape index (κ3) is 3.07. The lowest BCUT2D eigenvalue weighted by Crippen LogP contribution is -2.28. The number of halogens is 3. The molecule has 128 valence electrons. The average Bonchev–Trinajstić information content (AvgIpc) is 2.83. The first-order valence-corrected chi connectivity index (χ1v) is 6.60. The number of carbonyl (C=O) groups is 1. The molecule has 7 nitrogen and oxygen atoms in total. The lowest BCUT2D eigenvalue weighted by Gasteiger charge is -2.17. The van der Waals surface area contributed by atoms with Gasteiger partial charge >= 0.3 is 6.18 Å². The summed E-state index contributed by atoms with van der Waals surface area (Å²) < 4.78 is 43.1. The first-order valence-electron chi connectivity index (χ1n) is 6.60. The molecule has 2 rings (SSSR count). The van der Waals surface area contributed by atoms with Gasteiger partial charge in [-0.05, 0) is 26.0 Å². The number of nitrogens with zero attached hydrogens (tertiary/aromatic N) is 3. The molecule has 10 heteroatoms. The minimum Gasteiger partial charge on any atom is -0.359 e. The number of hydrogen-bond acceptors (Lipinski definition) is 5. The van der Waals surface area contributed by atoms with Gasteiger partial charge in [0.15, 0.2) is 5.76 Å². The quantitative estimate of drug-likeness (QED) is 0.628. The number of rotatable bonds is 3. The predicted octanol–water partition coefficient (Wildman–Crippen LogP) is 3.50. The Hall–Kier alpha value is -2.91. The van der Waals surface area contributed by atoms with E-state index in [4.69, 9.17) is 4.52 Å². The standard InChI is InChI=1S/C14H12F3N3O4/c1-7-12(8(2)24-18-7)19(3)13(21)10-5-4-9(14(15,16)17)6-11(10)20(22)23/h4-6H,1-3H3. The van der Waals surface area contributed by atoms with Gasteiger partial charge in [-0.3, -0.25) is 14.9 Å². The summed E-state index contributed by atoms with van der Waals surface area (Å²) in [6.45, 7) is 3.11. The summed E-state index contributed by atoms with van der Waals surface area (Å²) in [6.07, 6.45) is -4.75. The first kappa shape index (κ1) is 17.4. The number of alkyl halides is 3. The van der Waals surface area contributed by atoms with Crippen LogP contribution in [-0.4, -0.2) is 23.0 Å². The van der Waals surface area contributed by atoms with Gasteiger partial charge in [0.25, 0.3) is 11.6 Å². The lowest BCUT2D eigenvalue weighted by molar-refractivity contribution is -0.385. The highest BCUT2D eigenvalue weighted by molar-refractivity contribution is 6.08. The van der Waals surface area contributed by atoms with Crippen molar-refractivity contribution in [2.75, 3.05) is 11.9 Å². The van der Waals surface area contributed by atoms with Crippen LogP contribution in [0.2, 0.25) is 0 Å². The average molecular weight is 343 g/mol. The van der Waals surface area contributed by atoms with E-state index in [0.717, 1.165) is 11.0 Å². The second-order valence-electron chi connectivity index (χ2n) is 5.02. The van der Waals surface area contributed by atoms with E-state index in [0.29, 0.717) is 29.3 Å². The zero-order valence-electron chi connectivity index (χ0n) is 12.8. The Morgan fingerprint density at radius 3 is 2.42 bits per heavy atom. The zero-order chi connectivity index (χ0) is 18.2. The van der Waals surface area contributed by atoms with E-state index >= 15 is 0 Å². The number of benzene rings is 1. The minimum atomic E-state index is -4.75. The van der Waals surface area contributed by atoms with Crippen LogP contribution in [0.4, 0.5) is 24.5 Å². The predicted molar refractivity (Wildman–Crippen MR) is 76.8 cm³/mol. The highest BCUT2D eigenvalue weighted by atomic mass is 19.4. The van der Waals surface area contributed by atoms with Crippen LogP contribution in [-0.2, 0) is 6.18 Å². The monoisotopic (exact) mass is 343 g/mol. The van der Waals surface area contributed by atoms with Crippen molar-refractivity contribution in [3.8, 4) is 0 Å². The van der Waals surface area contributed by atoms with Crippen LogP contribution in [0.1, 0.15) is 27.4 Å². The van der Waals surface area contributed by atoms with E-state index in [-0.39, 0.29) is 0 Å². The fourth-order valence-corrected chi connectivity index (χ4v) is 2.28. The fourth-order valence-electron chi connectivity index (χ4n) is 2.28. The van der Waals surface area contributed by atoms with Gasteiger partial charge in [-0.15, -0.1) is 0 Å². The highest BCUT2D eigenvalue weighted by Gasteiger charge is 2.35. The van der Waals surface area contributed by atoms with Crippen LogP contribution in [0.3, 0.4) is 0 Å². The third-order valence-corrected chi connectivity index (χ3v) is 3.39. The van der Waals surface area contributed by atoms with Gasteiger partial charge in [-0.2, -0.15) is 13.2 Å². The van der Waals surface area contributed by atoms with Crippen LogP contribution in [0.5, 0.6) is 0 Å². The maximum Gasteiger partial charge on any atom is 0.416 e. The molecule has 0 saturated heterocycles. The van der Waals surface area contributed by atoms with Crippen LogP contribution in [0, 0.1) is 24.0 Å². The van der Waals surface area contributed by atoms with Crippen molar-refractivity contribution < 1.29 is 27.4 Å². The Balaban J connectivity index is 2.51. The molecule has 0 unspecified atom stereocenters. The summed E-state index contributed by atoms with van der Waals surface area (Å²) in [5, 5.41) is 14.8. The number of amides is 1. The van der Waals surface area contributed by atoms with Gasteiger partial charge in [-0.1, -0.05) is 5.16 Å². The van der Waals surface area contributed by atoms with Crippen LogP contribution < -0.4 is 4.90 Å². The first-order chi connectivity index (χ1) is 11.0. The summed E-state index contributed by atoms with van der Waals surface area (Å²) in [4.78, 5) is 23.6. The van der Waals surface area contributed by atoms with Crippen molar-refractivity contribution in [1.82, 2.24) is 5.16 Å². The molecular formula is C14H12F3N3O4. The lowest BCUT2D eigenvalue weighted by atomic mass is 10.1. The Bertz CT molecular complexity index is 795. The molecule has 1 aromatic heterocycles. The van der Waals surface area contributed by atoms with Gasteiger partial charge < -0.3 is 9.42 Å². The van der Waals surface area contributed by atoms with E-state index in [2.05, 4.69) is 5.16 Å². The number of hydrogen-bond donors (Lipinski definition) is 0. The molecular weight excluding hydrogens is 331 g/mol. The molecule has 0 N–H and O–H groups in total. The summed E-state index contributed by atoms with van der Waals surface area (Å²) in [7, 11) is 1.33. The molecule has 2 aromatic rings. The Labute approximate surface area is 133 Å². The van der Waals surface area contributed by atoms with Crippen LogP contribution >= 0.6 is 0 Å². The smallest absolute Gasteiger partial charge is 0.359 e. The maximum atomic E-state index is 12.7. The Kier molecular flexibility index (Phi) is 4.32. The molecule has 0 aliphatic heterocycles. The molecule has 0 bridgehead atoms. The molecule has 1 aromatic carbocycles. The van der Waals surface area contributed by atoms with Crippen molar-refractivity contribution in [2.45, 2.75) is 20.0 Å². The topological polar surface area (TPSA) is 89.5 Å². The number of aromatic nitrogens is 1. The molecule has 1 heterocycles. The van der Waals surface area contributed by atoms with E-state index in [1.807, 2.05) is 0 Å². The van der Waals surface area contributed by atoms with Crippen molar-refractivity contribution in [1.29, 1.82) is 0 Å². The number of anilines is 1. The highest BCUT2D eigenvalue weighted by Crippen LogP contribution is 2.34. The summed E-state index contributed by atoms with van der Waals surface area (Å²) in [5.41, 5.74) is -1.92. The van der Waals surface area contributed by atoms with Gasteiger partial charge in [0.1, 0.15) is 16.9 Å². The van der Waals surface area contributed by atoms with E-state index in [9.17, 15) is 28.1 Å². The van der Waals surface area contributed by atoms with Crippen LogP contribution in [0.25, 0.3) is 0 Å². The second-order valence-corrected chi connectivity index (χ2v) is 5.02.